The average molecular weight is 261 g/mol. The van der Waals surface area contributed by atoms with Gasteiger partial charge in [-0.05, 0) is 17.5 Å². The fourth-order valence-corrected chi connectivity index (χ4v) is 2.30. The molecule has 5 heteroatoms. The topological polar surface area (TPSA) is 79.4 Å². The van der Waals surface area contributed by atoms with E-state index in [4.69, 9.17) is 4.74 Å². The molecule has 0 saturated heterocycles. The fourth-order valence-electron chi connectivity index (χ4n) is 2.30. The number of nitrogens with one attached hydrogen (secondary N) is 1. The van der Waals surface area contributed by atoms with E-state index >= 15 is 0 Å². The standard InChI is InChI=1S/C14H15NO4/c1-7(2)10-8-5-4-6-9(19-3)12(8)15-13(16)11(10)14(17)18/h4-7H,1-3H3,(H,15,16)(H,17,18). The second-order valence-corrected chi connectivity index (χ2v) is 4.59. The van der Waals surface area contributed by atoms with Crippen LogP contribution in [0, 0.1) is 0 Å². The zero-order valence-corrected chi connectivity index (χ0v) is 11.0. The molecule has 1 heterocycles. The van der Waals surface area contributed by atoms with Crippen LogP contribution in [0.2, 0.25) is 0 Å². The van der Waals surface area contributed by atoms with Gasteiger partial charge in [0.15, 0.2) is 0 Å². The van der Waals surface area contributed by atoms with E-state index < -0.39 is 11.5 Å². The number of aromatic amines is 1. The minimum absolute atomic E-state index is 0.0805. The van der Waals surface area contributed by atoms with Gasteiger partial charge >= 0.3 is 5.97 Å². The summed E-state index contributed by atoms with van der Waals surface area (Å²) in [5.74, 6) is -0.772. The van der Waals surface area contributed by atoms with Crippen LogP contribution >= 0.6 is 0 Å². The number of aromatic nitrogens is 1. The largest absolute Gasteiger partial charge is 0.495 e. The highest BCUT2D eigenvalue weighted by Gasteiger charge is 2.21. The lowest BCUT2D eigenvalue weighted by Crippen LogP contribution is -2.21. The molecule has 2 aromatic rings. The van der Waals surface area contributed by atoms with Gasteiger partial charge in [-0.25, -0.2) is 4.79 Å². The summed E-state index contributed by atoms with van der Waals surface area (Å²) in [6, 6.07) is 5.29. The summed E-state index contributed by atoms with van der Waals surface area (Å²) < 4.78 is 5.20. The second kappa shape index (κ2) is 4.76. The van der Waals surface area contributed by atoms with E-state index in [-0.39, 0.29) is 11.5 Å². The number of H-pyrrole nitrogens is 1. The Balaban J connectivity index is 3.01. The van der Waals surface area contributed by atoms with E-state index in [1.165, 1.54) is 7.11 Å². The maximum Gasteiger partial charge on any atom is 0.341 e. The Morgan fingerprint density at radius 1 is 1.37 bits per heavy atom. The predicted octanol–water partition coefficient (Wildman–Crippen LogP) is 2.36. The van der Waals surface area contributed by atoms with Gasteiger partial charge in [-0.3, -0.25) is 4.79 Å². The number of fused-ring (bicyclic) bond motifs is 1. The van der Waals surface area contributed by atoms with E-state index in [0.29, 0.717) is 22.2 Å². The molecule has 0 spiro atoms. The highest BCUT2D eigenvalue weighted by molar-refractivity contribution is 5.97. The SMILES string of the molecule is COc1cccc2c(C(C)C)c(C(=O)O)c(=O)[nH]c12. The molecule has 0 aliphatic rings. The first-order valence-corrected chi connectivity index (χ1v) is 5.93. The van der Waals surface area contributed by atoms with E-state index in [1.807, 2.05) is 13.8 Å². The number of rotatable bonds is 3. The van der Waals surface area contributed by atoms with Crippen molar-refractivity contribution in [2.24, 2.45) is 0 Å². The van der Waals surface area contributed by atoms with E-state index in [9.17, 15) is 14.7 Å². The number of carboxylic acid groups (broad SMARTS) is 1. The van der Waals surface area contributed by atoms with Crippen LogP contribution in [0.15, 0.2) is 23.0 Å². The third-order valence-electron chi connectivity index (χ3n) is 3.06. The summed E-state index contributed by atoms with van der Waals surface area (Å²) in [6.07, 6.45) is 0. The van der Waals surface area contributed by atoms with Crippen molar-refractivity contribution >= 4 is 16.9 Å². The summed E-state index contributed by atoms with van der Waals surface area (Å²) in [7, 11) is 1.51. The molecule has 0 radical (unpaired) electrons. The van der Waals surface area contributed by atoms with Crippen LogP contribution < -0.4 is 10.3 Å². The quantitative estimate of drug-likeness (QED) is 0.888. The molecule has 0 aliphatic heterocycles. The average Bonchev–Trinajstić information content (AvgIpc) is 2.35. The van der Waals surface area contributed by atoms with Crippen molar-refractivity contribution in [1.29, 1.82) is 0 Å². The number of hydrogen-bond acceptors (Lipinski definition) is 3. The monoisotopic (exact) mass is 261 g/mol. The van der Waals surface area contributed by atoms with Crippen molar-refractivity contribution in [1.82, 2.24) is 4.98 Å². The van der Waals surface area contributed by atoms with Crippen molar-refractivity contribution in [3.05, 3.63) is 39.7 Å². The van der Waals surface area contributed by atoms with Crippen molar-refractivity contribution in [3.63, 3.8) is 0 Å². The number of pyridine rings is 1. The van der Waals surface area contributed by atoms with E-state index in [2.05, 4.69) is 4.98 Å². The summed E-state index contributed by atoms with van der Waals surface area (Å²) in [5, 5.41) is 9.93. The van der Waals surface area contributed by atoms with Crippen LogP contribution in [0.25, 0.3) is 10.9 Å². The molecule has 0 saturated carbocycles. The maximum absolute atomic E-state index is 12.0. The van der Waals surface area contributed by atoms with Gasteiger partial charge in [-0.1, -0.05) is 26.0 Å². The third-order valence-corrected chi connectivity index (χ3v) is 3.06. The number of aromatic carboxylic acids is 1. The van der Waals surface area contributed by atoms with Crippen molar-refractivity contribution in [3.8, 4) is 5.75 Å². The lowest BCUT2D eigenvalue weighted by Gasteiger charge is -2.14. The molecule has 0 amide bonds. The Morgan fingerprint density at radius 2 is 2.05 bits per heavy atom. The Labute approximate surface area is 109 Å². The number of ether oxygens (including phenoxy) is 1. The minimum atomic E-state index is -1.21. The zero-order valence-electron chi connectivity index (χ0n) is 11.0. The molecule has 0 bridgehead atoms. The summed E-state index contributed by atoms with van der Waals surface area (Å²) in [6.45, 7) is 3.72. The number of para-hydroxylation sites is 1. The van der Waals surface area contributed by atoms with Crippen molar-refractivity contribution in [2.45, 2.75) is 19.8 Å². The van der Waals surface area contributed by atoms with Crippen LogP contribution in [-0.2, 0) is 0 Å². The van der Waals surface area contributed by atoms with Crippen LogP contribution in [-0.4, -0.2) is 23.2 Å². The molecule has 2 N–H and O–H groups in total. The smallest absolute Gasteiger partial charge is 0.341 e. The Bertz CT molecular complexity index is 700. The first kappa shape index (κ1) is 13.1. The van der Waals surface area contributed by atoms with Crippen molar-refractivity contribution < 1.29 is 14.6 Å². The first-order valence-electron chi connectivity index (χ1n) is 5.93. The highest BCUT2D eigenvalue weighted by atomic mass is 16.5. The first-order chi connectivity index (χ1) is 8.97. The van der Waals surface area contributed by atoms with Gasteiger partial charge in [0, 0.05) is 5.39 Å². The molecule has 0 aliphatic carbocycles. The van der Waals surface area contributed by atoms with Gasteiger partial charge in [0.05, 0.1) is 12.6 Å². The molecule has 5 nitrogen and oxygen atoms in total. The molecular formula is C14H15NO4. The second-order valence-electron chi connectivity index (χ2n) is 4.59. The Morgan fingerprint density at radius 3 is 2.58 bits per heavy atom. The molecular weight excluding hydrogens is 246 g/mol. The molecule has 0 atom stereocenters. The summed E-state index contributed by atoms with van der Waals surface area (Å²) in [4.78, 5) is 25.9. The molecule has 19 heavy (non-hydrogen) atoms. The molecule has 1 aromatic heterocycles. The Hall–Kier alpha value is -2.30. The highest BCUT2D eigenvalue weighted by Crippen LogP contribution is 2.30. The zero-order chi connectivity index (χ0) is 14.2. The van der Waals surface area contributed by atoms with Gasteiger partial charge in [-0.2, -0.15) is 0 Å². The van der Waals surface area contributed by atoms with Crippen LogP contribution in [0.4, 0.5) is 0 Å². The fraction of sp³-hybridized carbons (Fsp3) is 0.286. The van der Waals surface area contributed by atoms with Gasteiger partial charge in [0.25, 0.3) is 5.56 Å². The van der Waals surface area contributed by atoms with E-state index in [1.54, 1.807) is 18.2 Å². The summed E-state index contributed by atoms with van der Waals surface area (Å²) >= 11 is 0. The van der Waals surface area contributed by atoms with E-state index in [0.717, 1.165) is 0 Å². The minimum Gasteiger partial charge on any atom is -0.495 e. The number of hydrogen-bond donors (Lipinski definition) is 2. The molecule has 1 aromatic carbocycles. The predicted molar refractivity (Wildman–Crippen MR) is 72.2 cm³/mol. The number of methoxy groups -OCH3 is 1. The molecule has 0 fully saturated rings. The Kier molecular flexibility index (Phi) is 3.29. The van der Waals surface area contributed by atoms with Crippen LogP contribution in [0.5, 0.6) is 5.75 Å². The van der Waals surface area contributed by atoms with Gasteiger partial charge < -0.3 is 14.8 Å². The lowest BCUT2D eigenvalue weighted by atomic mass is 9.93. The normalized spacial score (nSPS) is 10.9. The maximum atomic E-state index is 12.0. The molecule has 100 valence electrons. The van der Waals surface area contributed by atoms with Gasteiger partial charge in [-0.15, -0.1) is 0 Å². The van der Waals surface area contributed by atoms with Crippen molar-refractivity contribution in [2.75, 3.05) is 7.11 Å². The van der Waals surface area contributed by atoms with Crippen LogP contribution in [0.1, 0.15) is 35.7 Å². The van der Waals surface area contributed by atoms with Gasteiger partial charge in [0.2, 0.25) is 0 Å². The number of carbonyl (C=O) groups is 1. The number of benzene rings is 1. The third kappa shape index (κ3) is 2.07. The van der Waals surface area contributed by atoms with Crippen LogP contribution in [0.3, 0.4) is 0 Å². The number of carboxylic acids is 1. The molecule has 0 unspecified atom stereocenters. The van der Waals surface area contributed by atoms with Gasteiger partial charge in [0.1, 0.15) is 11.3 Å². The summed E-state index contributed by atoms with van der Waals surface area (Å²) in [5.41, 5.74) is 0.262. The molecule has 2 rings (SSSR count). The lowest BCUT2D eigenvalue weighted by molar-refractivity contribution is 0.0693.